The molecule has 0 aliphatic carbocycles. The Kier molecular flexibility index (Phi) is 5.71. The minimum Gasteiger partial charge on any atom is -0.355 e. The van der Waals surface area contributed by atoms with Crippen LogP contribution in [0.3, 0.4) is 0 Å². The summed E-state index contributed by atoms with van der Waals surface area (Å²) in [6, 6.07) is 16.2. The highest BCUT2D eigenvalue weighted by Crippen LogP contribution is 2.27. The third-order valence-electron chi connectivity index (χ3n) is 5.97. The average molecular weight is 442 g/mol. The van der Waals surface area contributed by atoms with Gasteiger partial charge in [-0.15, -0.1) is 0 Å². The molecule has 2 aromatic heterocycles. The summed E-state index contributed by atoms with van der Waals surface area (Å²) in [6.45, 7) is 6.41. The van der Waals surface area contributed by atoms with E-state index in [0.717, 1.165) is 61.7 Å². The van der Waals surface area contributed by atoms with E-state index in [0.29, 0.717) is 11.4 Å². The highest BCUT2D eigenvalue weighted by atomic mass is 19.1. The number of hydrogen-bond acceptors (Lipinski definition) is 6. The minimum atomic E-state index is -0.281. The Labute approximate surface area is 191 Å². The van der Waals surface area contributed by atoms with Crippen LogP contribution in [-0.2, 0) is 6.54 Å². The van der Waals surface area contributed by atoms with E-state index in [1.54, 1.807) is 23.0 Å². The molecule has 0 N–H and O–H groups in total. The van der Waals surface area contributed by atoms with Gasteiger partial charge in [0.15, 0.2) is 5.65 Å². The van der Waals surface area contributed by atoms with Crippen molar-refractivity contribution in [3.05, 3.63) is 77.5 Å². The first-order valence-electron chi connectivity index (χ1n) is 11.1. The first-order chi connectivity index (χ1) is 16.1. The largest absolute Gasteiger partial charge is 0.355 e. The van der Waals surface area contributed by atoms with E-state index < -0.39 is 0 Å². The Morgan fingerprint density at radius 1 is 0.970 bits per heavy atom. The minimum absolute atomic E-state index is 0.281. The smallest absolute Gasteiger partial charge is 0.168 e. The Bertz CT molecular complexity index is 1310. The Morgan fingerprint density at radius 2 is 1.76 bits per heavy atom. The molecule has 1 aliphatic heterocycles. The lowest BCUT2D eigenvalue weighted by atomic mass is 10.1. The van der Waals surface area contributed by atoms with Crippen LogP contribution in [0, 0.1) is 24.1 Å². The van der Waals surface area contributed by atoms with Gasteiger partial charge >= 0.3 is 0 Å². The summed E-state index contributed by atoms with van der Waals surface area (Å²) in [6.07, 6.45) is 2.82. The number of rotatable bonds is 4. The van der Waals surface area contributed by atoms with Crippen molar-refractivity contribution in [1.82, 2.24) is 24.6 Å². The van der Waals surface area contributed by atoms with Gasteiger partial charge in [0.05, 0.1) is 28.9 Å². The summed E-state index contributed by atoms with van der Waals surface area (Å²) in [7, 11) is 0. The van der Waals surface area contributed by atoms with Gasteiger partial charge in [0.25, 0.3) is 0 Å². The van der Waals surface area contributed by atoms with Gasteiger partial charge in [0, 0.05) is 32.7 Å². The molecule has 7 nitrogen and oxygen atoms in total. The van der Waals surface area contributed by atoms with Crippen LogP contribution in [0.15, 0.2) is 54.7 Å². The van der Waals surface area contributed by atoms with E-state index in [9.17, 15) is 4.39 Å². The van der Waals surface area contributed by atoms with Gasteiger partial charge in [-0.3, -0.25) is 4.90 Å². The highest BCUT2D eigenvalue weighted by Gasteiger charge is 2.21. The number of benzene rings is 2. The highest BCUT2D eigenvalue weighted by molar-refractivity contribution is 5.88. The van der Waals surface area contributed by atoms with Gasteiger partial charge in [0.2, 0.25) is 0 Å². The van der Waals surface area contributed by atoms with Crippen LogP contribution < -0.4 is 4.90 Å². The van der Waals surface area contributed by atoms with Crippen molar-refractivity contribution in [2.24, 2.45) is 0 Å². The van der Waals surface area contributed by atoms with Crippen LogP contribution in [-0.4, -0.2) is 50.8 Å². The van der Waals surface area contributed by atoms with E-state index in [4.69, 9.17) is 10.2 Å². The van der Waals surface area contributed by atoms with Crippen LogP contribution in [0.4, 0.5) is 10.2 Å². The van der Waals surface area contributed by atoms with Crippen molar-refractivity contribution in [2.45, 2.75) is 19.9 Å². The van der Waals surface area contributed by atoms with Crippen molar-refractivity contribution in [1.29, 1.82) is 5.26 Å². The van der Waals surface area contributed by atoms with E-state index >= 15 is 0 Å². The molecule has 2 aromatic carbocycles. The average Bonchev–Trinajstić information content (AvgIpc) is 3.11. The van der Waals surface area contributed by atoms with E-state index in [1.165, 1.54) is 17.7 Å². The fourth-order valence-electron chi connectivity index (χ4n) is 4.30. The monoisotopic (exact) mass is 441 g/mol. The van der Waals surface area contributed by atoms with Gasteiger partial charge in [0.1, 0.15) is 17.5 Å². The van der Waals surface area contributed by atoms with Crippen molar-refractivity contribution in [3.8, 4) is 11.8 Å². The molecular formula is C25H24FN7. The number of aromatic nitrogens is 4. The van der Waals surface area contributed by atoms with Crippen LogP contribution in [0.2, 0.25) is 0 Å². The van der Waals surface area contributed by atoms with Gasteiger partial charge in [-0.2, -0.15) is 10.4 Å². The molecule has 166 valence electrons. The van der Waals surface area contributed by atoms with Crippen molar-refractivity contribution in [2.75, 3.05) is 31.1 Å². The number of aryl methyl sites for hydroxylation is 1. The van der Waals surface area contributed by atoms with Gasteiger partial charge in [-0.05, 0) is 55.3 Å². The van der Waals surface area contributed by atoms with Gasteiger partial charge < -0.3 is 4.90 Å². The molecule has 0 spiro atoms. The molecule has 4 aromatic rings. The van der Waals surface area contributed by atoms with Crippen LogP contribution in [0.1, 0.15) is 23.4 Å². The lowest BCUT2D eigenvalue weighted by Crippen LogP contribution is -2.31. The number of hydrogen-bond donors (Lipinski definition) is 0. The van der Waals surface area contributed by atoms with Crippen LogP contribution >= 0.6 is 0 Å². The number of anilines is 1. The zero-order valence-corrected chi connectivity index (χ0v) is 18.4. The number of halogens is 1. The van der Waals surface area contributed by atoms with Gasteiger partial charge in [-0.1, -0.05) is 12.1 Å². The summed E-state index contributed by atoms with van der Waals surface area (Å²) in [4.78, 5) is 14.2. The third-order valence-corrected chi connectivity index (χ3v) is 5.97. The van der Waals surface area contributed by atoms with Crippen molar-refractivity contribution < 1.29 is 4.39 Å². The van der Waals surface area contributed by atoms with E-state index in [-0.39, 0.29) is 5.82 Å². The molecule has 0 amide bonds. The molecule has 0 bridgehead atoms. The molecule has 1 fully saturated rings. The summed E-state index contributed by atoms with van der Waals surface area (Å²) >= 11 is 0. The topological polar surface area (TPSA) is 73.9 Å². The number of nitrogens with zero attached hydrogens (tertiary/aromatic N) is 7. The second kappa shape index (κ2) is 8.96. The summed E-state index contributed by atoms with van der Waals surface area (Å²) in [5, 5.41) is 14.4. The second-order valence-corrected chi connectivity index (χ2v) is 8.29. The van der Waals surface area contributed by atoms with E-state index in [2.05, 4.69) is 26.0 Å². The maximum atomic E-state index is 13.4. The Hall–Kier alpha value is -3.83. The molecule has 0 unspecified atom stereocenters. The Balaban J connectivity index is 1.37. The molecule has 1 saturated heterocycles. The van der Waals surface area contributed by atoms with Crippen LogP contribution in [0.5, 0.6) is 0 Å². The molecular weight excluding hydrogens is 417 g/mol. The fraction of sp³-hybridized carbons (Fsp3) is 0.280. The lowest BCUT2D eigenvalue weighted by molar-refractivity contribution is 0.285. The molecule has 0 radical (unpaired) electrons. The standard InChI is InChI=1S/C25H24FN7/c1-18-29-24(23-16-28-33(25(23)30-18)22-9-7-21(26)8-10-22)32-12-2-11-31(13-14-32)17-20-5-3-19(15-27)4-6-20/h3-10,16H,2,11-14,17H2,1H3. The predicted molar refractivity (Wildman–Crippen MR) is 125 cm³/mol. The summed E-state index contributed by atoms with van der Waals surface area (Å²) < 4.78 is 15.1. The second-order valence-electron chi connectivity index (χ2n) is 8.29. The molecule has 5 rings (SSSR count). The molecule has 3 heterocycles. The first kappa shape index (κ1) is 21.0. The number of nitriles is 1. The lowest BCUT2D eigenvalue weighted by Gasteiger charge is -2.23. The summed E-state index contributed by atoms with van der Waals surface area (Å²) in [5.41, 5.74) is 3.39. The summed E-state index contributed by atoms with van der Waals surface area (Å²) in [5.74, 6) is 1.29. The quantitative estimate of drug-likeness (QED) is 0.479. The SMILES string of the molecule is Cc1nc(N2CCCN(Cc3ccc(C#N)cc3)CC2)c2cnn(-c3ccc(F)cc3)c2n1. The molecule has 8 heteroatoms. The van der Waals surface area contributed by atoms with E-state index in [1.807, 2.05) is 31.2 Å². The zero-order valence-electron chi connectivity index (χ0n) is 18.4. The molecule has 0 atom stereocenters. The van der Waals surface area contributed by atoms with Crippen molar-refractivity contribution >= 4 is 16.9 Å². The molecule has 1 aliphatic rings. The third kappa shape index (κ3) is 4.41. The molecule has 0 saturated carbocycles. The Morgan fingerprint density at radius 3 is 2.52 bits per heavy atom. The number of fused-ring (bicyclic) bond motifs is 1. The van der Waals surface area contributed by atoms with Crippen molar-refractivity contribution in [3.63, 3.8) is 0 Å². The first-order valence-corrected chi connectivity index (χ1v) is 11.1. The van der Waals surface area contributed by atoms with Crippen LogP contribution in [0.25, 0.3) is 16.7 Å². The fourth-order valence-corrected chi connectivity index (χ4v) is 4.30. The maximum absolute atomic E-state index is 13.4. The maximum Gasteiger partial charge on any atom is 0.168 e. The zero-order chi connectivity index (χ0) is 22.8. The van der Waals surface area contributed by atoms with Gasteiger partial charge in [-0.25, -0.2) is 19.0 Å². The molecule has 33 heavy (non-hydrogen) atoms. The predicted octanol–water partition coefficient (Wildman–Crippen LogP) is 3.85. The normalized spacial score (nSPS) is 14.9.